The first-order valence-corrected chi connectivity index (χ1v) is 6.73. The lowest BCUT2D eigenvalue weighted by Gasteiger charge is -2.19. The normalized spacial score (nSPS) is 28.8. The maximum Gasteiger partial charge on any atom is 0.0951 e. The third-order valence-corrected chi connectivity index (χ3v) is 4.13. The molecule has 1 aromatic heterocycles. The Morgan fingerprint density at radius 1 is 1.35 bits per heavy atom. The molecule has 2 fully saturated rings. The van der Waals surface area contributed by atoms with Crippen LogP contribution in [0, 0.1) is 5.92 Å². The average Bonchev–Trinajstić information content (AvgIpc) is 2.93. The number of nitrogens with zero attached hydrogens (tertiary/aromatic N) is 2. The smallest absolute Gasteiger partial charge is 0.0951 e. The number of aromatic nitrogens is 2. The summed E-state index contributed by atoms with van der Waals surface area (Å²) in [5, 5.41) is 12.9. The fourth-order valence-electron chi connectivity index (χ4n) is 2.91. The van der Waals surface area contributed by atoms with E-state index in [2.05, 4.69) is 14.9 Å². The van der Waals surface area contributed by atoms with E-state index in [4.69, 9.17) is 0 Å². The largest absolute Gasteiger partial charge is 0.396 e. The number of rotatable bonds is 5. The molecule has 17 heavy (non-hydrogen) atoms. The summed E-state index contributed by atoms with van der Waals surface area (Å²) in [5.41, 5.74) is 1.29. The van der Waals surface area contributed by atoms with Gasteiger partial charge in [-0.05, 0) is 31.6 Å². The second-order valence-corrected chi connectivity index (χ2v) is 5.38. The van der Waals surface area contributed by atoms with Gasteiger partial charge in [-0.25, -0.2) is 4.98 Å². The van der Waals surface area contributed by atoms with Gasteiger partial charge in [0.2, 0.25) is 0 Å². The second kappa shape index (κ2) is 4.78. The molecule has 0 saturated heterocycles. The van der Waals surface area contributed by atoms with Crippen molar-refractivity contribution in [1.82, 2.24) is 14.9 Å². The fourth-order valence-corrected chi connectivity index (χ4v) is 2.91. The summed E-state index contributed by atoms with van der Waals surface area (Å²) in [6, 6.07) is 1.19. The van der Waals surface area contributed by atoms with Crippen LogP contribution in [0.5, 0.6) is 0 Å². The predicted molar refractivity (Wildman–Crippen MR) is 65.6 cm³/mol. The molecule has 2 aliphatic carbocycles. The van der Waals surface area contributed by atoms with E-state index < -0.39 is 0 Å². The van der Waals surface area contributed by atoms with E-state index in [0.29, 0.717) is 24.6 Å². The number of aliphatic hydroxyl groups excluding tert-OH is 1. The fraction of sp³-hybridized carbons (Fsp3) is 0.769. The Kier molecular flexibility index (Phi) is 3.16. The molecule has 0 aliphatic heterocycles. The van der Waals surface area contributed by atoms with Gasteiger partial charge in [0.1, 0.15) is 0 Å². The Morgan fingerprint density at radius 2 is 2.24 bits per heavy atom. The van der Waals surface area contributed by atoms with Crippen molar-refractivity contribution in [3.8, 4) is 0 Å². The monoisotopic (exact) mass is 235 g/mol. The lowest BCUT2D eigenvalue weighted by molar-refractivity contribution is 0.204. The number of aliphatic hydroxyl groups is 1. The molecule has 4 heteroatoms. The van der Waals surface area contributed by atoms with Gasteiger partial charge in [0.05, 0.1) is 12.0 Å². The molecule has 2 unspecified atom stereocenters. The van der Waals surface area contributed by atoms with Crippen LogP contribution in [0.25, 0.3) is 0 Å². The van der Waals surface area contributed by atoms with E-state index in [-0.39, 0.29) is 0 Å². The van der Waals surface area contributed by atoms with E-state index >= 15 is 0 Å². The van der Waals surface area contributed by atoms with Crippen molar-refractivity contribution in [3.63, 3.8) is 0 Å². The minimum atomic E-state index is 0.319. The molecular weight excluding hydrogens is 214 g/mol. The van der Waals surface area contributed by atoms with E-state index in [1.807, 2.05) is 12.5 Å². The zero-order chi connectivity index (χ0) is 11.7. The molecule has 94 valence electrons. The molecule has 2 saturated carbocycles. The van der Waals surface area contributed by atoms with Crippen molar-refractivity contribution < 1.29 is 5.11 Å². The van der Waals surface area contributed by atoms with Crippen LogP contribution in [0.4, 0.5) is 0 Å². The SMILES string of the molecule is OCC1CCCC1NCc1cncn1C1CC1. The van der Waals surface area contributed by atoms with Gasteiger partial charge < -0.3 is 15.0 Å². The topological polar surface area (TPSA) is 50.1 Å². The van der Waals surface area contributed by atoms with Crippen molar-refractivity contribution >= 4 is 0 Å². The summed E-state index contributed by atoms with van der Waals surface area (Å²) in [6.07, 6.45) is 10.1. The standard InChI is InChI=1S/C13H21N3O/c17-8-10-2-1-3-13(10)15-7-12-6-14-9-16(12)11-4-5-11/h6,9-11,13,15,17H,1-5,7-8H2. The van der Waals surface area contributed by atoms with Crippen LogP contribution in [0.3, 0.4) is 0 Å². The maximum atomic E-state index is 9.29. The molecule has 2 N–H and O–H groups in total. The Hall–Kier alpha value is -0.870. The molecule has 0 bridgehead atoms. The van der Waals surface area contributed by atoms with Gasteiger partial charge in [-0.1, -0.05) is 6.42 Å². The molecular formula is C13H21N3O. The maximum absolute atomic E-state index is 9.29. The molecule has 4 nitrogen and oxygen atoms in total. The van der Waals surface area contributed by atoms with Gasteiger partial charge in [-0.3, -0.25) is 0 Å². The van der Waals surface area contributed by atoms with Crippen LogP contribution in [-0.2, 0) is 6.54 Å². The van der Waals surface area contributed by atoms with Crippen molar-refractivity contribution in [2.45, 2.75) is 50.7 Å². The zero-order valence-corrected chi connectivity index (χ0v) is 10.2. The first-order chi connectivity index (χ1) is 8.38. The quantitative estimate of drug-likeness (QED) is 0.812. The van der Waals surface area contributed by atoms with Crippen molar-refractivity contribution in [3.05, 3.63) is 18.2 Å². The molecule has 0 amide bonds. The second-order valence-electron chi connectivity index (χ2n) is 5.38. The van der Waals surface area contributed by atoms with Gasteiger partial charge in [0.15, 0.2) is 0 Å². The van der Waals surface area contributed by atoms with E-state index in [1.165, 1.54) is 31.4 Å². The summed E-state index contributed by atoms with van der Waals surface area (Å²) < 4.78 is 2.30. The third-order valence-electron chi connectivity index (χ3n) is 4.13. The molecule has 2 aliphatic rings. The van der Waals surface area contributed by atoms with E-state index in [9.17, 15) is 5.11 Å². The molecule has 0 radical (unpaired) electrons. The summed E-state index contributed by atoms with van der Waals surface area (Å²) in [6.45, 7) is 1.21. The summed E-state index contributed by atoms with van der Waals surface area (Å²) in [5.74, 6) is 0.451. The van der Waals surface area contributed by atoms with Gasteiger partial charge in [-0.15, -0.1) is 0 Å². The van der Waals surface area contributed by atoms with E-state index in [1.54, 1.807) is 0 Å². The van der Waals surface area contributed by atoms with E-state index in [0.717, 1.165) is 13.0 Å². The minimum Gasteiger partial charge on any atom is -0.396 e. The lowest BCUT2D eigenvalue weighted by atomic mass is 10.1. The highest BCUT2D eigenvalue weighted by Crippen LogP contribution is 2.35. The van der Waals surface area contributed by atoms with Crippen LogP contribution >= 0.6 is 0 Å². The van der Waals surface area contributed by atoms with Crippen LogP contribution in [0.2, 0.25) is 0 Å². The number of hydrogen-bond acceptors (Lipinski definition) is 3. The predicted octanol–water partition coefficient (Wildman–Crippen LogP) is 1.47. The minimum absolute atomic E-state index is 0.319. The van der Waals surface area contributed by atoms with Gasteiger partial charge >= 0.3 is 0 Å². The molecule has 1 aromatic rings. The first kappa shape index (κ1) is 11.2. The zero-order valence-electron chi connectivity index (χ0n) is 10.2. The molecule has 3 rings (SSSR count). The number of hydrogen-bond donors (Lipinski definition) is 2. The van der Waals surface area contributed by atoms with Crippen molar-refractivity contribution in [2.75, 3.05) is 6.61 Å². The number of imidazole rings is 1. The molecule has 1 heterocycles. The number of nitrogens with one attached hydrogen (secondary N) is 1. The summed E-state index contributed by atoms with van der Waals surface area (Å²) in [7, 11) is 0. The molecule has 0 spiro atoms. The van der Waals surface area contributed by atoms with Gasteiger partial charge in [0, 0.05) is 31.4 Å². The van der Waals surface area contributed by atoms with Crippen LogP contribution in [0.15, 0.2) is 12.5 Å². The van der Waals surface area contributed by atoms with Crippen LogP contribution in [0.1, 0.15) is 43.8 Å². The van der Waals surface area contributed by atoms with Crippen LogP contribution < -0.4 is 5.32 Å². The summed E-state index contributed by atoms with van der Waals surface area (Å²) >= 11 is 0. The first-order valence-electron chi connectivity index (χ1n) is 6.73. The van der Waals surface area contributed by atoms with Gasteiger partial charge in [-0.2, -0.15) is 0 Å². The molecule has 2 atom stereocenters. The Labute approximate surface area is 102 Å². The highest BCUT2D eigenvalue weighted by molar-refractivity contribution is 5.03. The Morgan fingerprint density at radius 3 is 3.00 bits per heavy atom. The third kappa shape index (κ3) is 2.38. The van der Waals surface area contributed by atoms with Crippen molar-refractivity contribution in [2.24, 2.45) is 5.92 Å². The highest BCUT2D eigenvalue weighted by Gasteiger charge is 2.28. The van der Waals surface area contributed by atoms with Gasteiger partial charge in [0.25, 0.3) is 0 Å². The molecule has 0 aromatic carbocycles. The van der Waals surface area contributed by atoms with Crippen molar-refractivity contribution in [1.29, 1.82) is 0 Å². The summed E-state index contributed by atoms with van der Waals surface area (Å²) in [4.78, 5) is 4.24. The lowest BCUT2D eigenvalue weighted by Crippen LogP contribution is -2.34. The van der Waals surface area contributed by atoms with Crippen LogP contribution in [-0.4, -0.2) is 27.3 Å². The average molecular weight is 235 g/mol. The highest BCUT2D eigenvalue weighted by atomic mass is 16.3. The Balaban J connectivity index is 1.57. The Bertz CT molecular complexity index is 372.